The van der Waals surface area contributed by atoms with E-state index in [9.17, 15) is 0 Å². The molecule has 0 saturated carbocycles. The largest absolute Gasteiger partial charge is 0.501 e. The van der Waals surface area contributed by atoms with Gasteiger partial charge in [-0.15, -0.1) is 0 Å². The maximum absolute atomic E-state index is 7.13. The van der Waals surface area contributed by atoms with Gasteiger partial charge in [0.25, 0.3) is 0 Å². The highest BCUT2D eigenvalue weighted by atomic mass is 16.5. The van der Waals surface area contributed by atoms with Crippen molar-refractivity contribution < 1.29 is 4.74 Å². The van der Waals surface area contributed by atoms with E-state index in [-0.39, 0.29) is 0 Å². The molecule has 0 atom stereocenters. The van der Waals surface area contributed by atoms with Crippen LogP contribution in [0.25, 0.3) is 0 Å². The summed E-state index contributed by atoms with van der Waals surface area (Å²) in [5, 5.41) is 7.13. The number of ether oxygens (including phenoxy) is 1. The highest BCUT2D eigenvalue weighted by molar-refractivity contribution is 5.94. The molecule has 2 heteroatoms. The van der Waals surface area contributed by atoms with Gasteiger partial charge in [-0.2, -0.15) is 0 Å². The van der Waals surface area contributed by atoms with Crippen LogP contribution in [0, 0.1) is 5.41 Å². The molecule has 44 valence electrons. The minimum atomic E-state index is 0.682. The highest BCUT2D eigenvalue weighted by Gasteiger charge is 2.07. The van der Waals surface area contributed by atoms with E-state index < -0.39 is 0 Å². The normalized spacial score (nSPS) is 18.6. The van der Waals surface area contributed by atoms with Gasteiger partial charge in [-0.25, -0.2) is 0 Å². The van der Waals surface area contributed by atoms with Crippen molar-refractivity contribution in [3.63, 3.8) is 0 Å². The van der Waals surface area contributed by atoms with Crippen molar-refractivity contribution in [2.75, 3.05) is 7.11 Å². The predicted octanol–water partition coefficient (Wildman–Crippen LogP) is 1.33. The van der Waals surface area contributed by atoms with E-state index in [1.165, 1.54) is 0 Å². The van der Waals surface area contributed by atoms with Gasteiger partial charge in [-0.05, 0) is 12.5 Å². The lowest BCUT2D eigenvalue weighted by Gasteiger charge is -1.93. The lowest BCUT2D eigenvalue weighted by Crippen LogP contribution is -1.78. The minimum Gasteiger partial charge on any atom is -0.501 e. The molecule has 0 spiro atoms. The fourth-order valence-electron chi connectivity index (χ4n) is 0.758. The number of rotatable bonds is 1. The Kier molecular flexibility index (Phi) is 1.33. The Hall–Kier alpha value is -0.790. The van der Waals surface area contributed by atoms with Crippen LogP contribution in [0.15, 0.2) is 11.8 Å². The standard InChI is InChI=1S/C6H9NO/c1-8-6-3-2-5(7)4-6/h4,7H,2-3H2,1H3. The first-order valence-electron chi connectivity index (χ1n) is 2.65. The molecule has 0 bridgehead atoms. The van der Waals surface area contributed by atoms with Crippen molar-refractivity contribution in [3.8, 4) is 0 Å². The second kappa shape index (κ2) is 1.99. The Morgan fingerprint density at radius 3 is 2.62 bits per heavy atom. The van der Waals surface area contributed by atoms with Crippen molar-refractivity contribution >= 4 is 5.71 Å². The van der Waals surface area contributed by atoms with Gasteiger partial charge in [0.05, 0.1) is 12.9 Å². The van der Waals surface area contributed by atoms with Crippen molar-refractivity contribution in [2.24, 2.45) is 0 Å². The average Bonchev–Trinajstić information content (AvgIpc) is 2.14. The van der Waals surface area contributed by atoms with Crippen LogP contribution in [0.5, 0.6) is 0 Å². The van der Waals surface area contributed by atoms with Gasteiger partial charge in [-0.1, -0.05) is 0 Å². The molecule has 1 aliphatic carbocycles. The Labute approximate surface area is 48.7 Å². The summed E-state index contributed by atoms with van der Waals surface area (Å²) in [7, 11) is 1.64. The summed E-state index contributed by atoms with van der Waals surface area (Å²) in [6.45, 7) is 0. The molecule has 0 amide bonds. The summed E-state index contributed by atoms with van der Waals surface area (Å²) in [5.41, 5.74) is 0.682. The monoisotopic (exact) mass is 111 g/mol. The molecular formula is C6H9NO. The van der Waals surface area contributed by atoms with Crippen LogP contribution >= 0.6 is 0 Å². The Morgan fingerprint density at radius 2 is 2.38 bits per heavy atom. The van der Waals surface area contributed by atoms with Gasteiger partial charge >= 0.3 is 0 Å². The van der Waals surface area contributed by atoms with E-state index in [2.05, 4.69) is 0 Å². The molecule has 0 unspecified atom stereocenters. The van der Waals surface area contributed by atoms with Crippen molar-refractivity contribution in [3.05, 3.63) is 11.8 Å². The zero-order valence-electron chi connectivity index (χ0n) is 4.90. The zero-order chi connectivity index (χ0) is 5.98. The number of nitrogens with one attached hydrogen (secondary N) is 1. The van der Waals surface area contributed by atoms with Crippen LogP contribution in [0.2, 0.25) is 0 Å². The molecule has 0 saturated heterocycles. The Bertz CT molecular complexity index is 137. The van der Waals surface area contributed by atoms with Crippen LogP contribution in [0.1, 0.15) is 12.8 Å². The van der Waals surface area contributed by atoms with E-state index in [1.54, 1.807) is 13.2 Å². The van der Waals surface area contributed by atoms with E-state index in [0.29, 0.717) is 5.71 Å². The Balaban J connectivity index is 2.57. The van der Waals surface area contributed by atoms with Gasteiger partial charge in [0.15, 0.2) is 0 Å². The molecular weight excluding hydrogens is 102 g/mol. The number of methoxy groups -OCH3 is 1. The number of allylic oxidation sites excluding steroid dienone is 2. The minimum absolute atomic E-state index is 0.682. The van der Waals surface area contributed by atoms with Gasteiger partial charge in [0, 0.05) is 12.1 Å². The van der Waals surface area contributed by atoms with Gasteiger partial charge in [0.1, 0.15) is 0 Å². The second-order valence-electron chi connectivity index (χ2n) is 1.84. The second-order valence-corrected chi connectivity index (χ2v) is 1.84. The highest BCUT2D eigenvalue weighted by Crippen LogP contribution is 2.14. The van der Waals surface area contributed by atoms with E-state index in [0.717, 1.165) is 18.6 Å². The van der Waals surface area contributed by atoms with Gasteiger partial charge in [0.2, 0.25) is 0 Å². The van der Waals surface area contributed by atoms with Crippen molar-refractivity contribution in [1.29, 1.82) is 5.41 Å². The summed E-state index contributed by atoms with van der Waals surface area (Å²) in [4.78, 5) is 0. The average molecular weight is 111 g/mol. The zero-order valence-corrected chi connectivity index (χ0v) is 4.90. The van der Waals surface area contributed by atoms with Gasteiger partial charge < -0.3 is 10.1 Å². The van der Waals surface area contributed by atoms with Crippen LogP contribution < -0.4 is 0 Å². The van der Waals surface area contributed by atoms with Crippen LogP contribution in [-0.2, 0) is 4.74 Å². The van der Waals surface area contributed by atoms with Crippen LogP contribution in [0.4, 0.5) is 0 Å². The topological polar surface area (TPSA) is 33.1 Å². The lowest BCUT2D eigenvalue weighted by atomic mass is 10.3. The number of hydrogen-bond donors (Lipinski definition) is 1. The quantitative estimate of drug-likeness (QED) is 0.544. The SMILES string of the molecule is COC1=CC(=N)CC1. The number of hydrogen-bond acceptors (Lipinski definition) is 2. The van der Waals surface area contributed by atoms with Gasteiger partial charge in [-0.3, -0.25) is 0 Å². The Morgan fingerprint density at radius 1 is 1.62 bits per heavy atom. The molecule has 0 aliphatic heterocycles. The van der Waals surface area contributed by atoms with Crippen molar-refractivity contribution in [1.82, 2.24) is 0 Å². The molecule has 1 N–H and O–H groups in total. The lowest BCUT2D eigenvalue weighted by molar-refractivity contribution is 0.283. The fraction of sp³-hybridized carbons (Fsp3) is 0.500. The summed E-state index contributed by atoms with van der Waals surface area (Å²) in [5.74, 6) is 0.940. The molecule has 1 rings (SSSR count). The predicted molar refractivity (Wildman–Crippen MR) is 32.1 cm³/mol. The van der Waals surface area contributed by atoms with E-state index in [4.69, 9.17) is 10.1 Å². The summed E-state index contributed by atoms with van der Waals surface area (Å²) in [6.07, 6.45) is 3.54. The third kappa shape index (κ3) is 0.886. The summed E-state index contributed by atoms with van der Waals surface area (Å²) in [6, 6.07) is 0. The molecule has 1 aliphatic rings. The molecule has 0 heterocycles. The first-order valence-corrected chi connectivity index (χ1v) is 2.65. The molecule has 0 aromatic rings. The first-order chi connectivity index (χ1) is 3.83. The maximum Gasteiger partial charge on any atom is 0.0977 e. The summed E-state index contributed by atoms with van der Waals surface area (Å²) < 4.78 is 4.90. The third-order valence-electron chi connectivity index (χ3n) is 1.24. The smallest absolute Gasteiger partial charge is 0.0977 e. The van der Waals surface area contributed by atoms with E-state index >= 15 is 0 Å². The first kappa shape index (κ1) is 5.35. The fourth-order valence-corrected chi connectivity index (χ4v) is 0.758. The molecule has 0 radical (unpaired) electrons. The summed E-state index contributed by atoms with van der Waals surface area (Å²) >= 11 is 0. The molecule has 0 aromatic carbocycles. The molecule has 0 aromatic heterocycles. The van der Waals surface area contributed by atoms with E-state index in [1.807, 2.05) is 0 Å². The van der Waals surface area contributed by atoms with Crippen molar-refractivity contribution in [2.45, 2.75) is 12.8 Å². The molecule has 8 heavy (non-hydrogen) atoms. The molecule has 0 fully saturated rings. The third-order valence-corrected chi connectivity index (χ3v) is 1.24. The molecule has 2 nitrogen and oxygen atoms in total. The van der Waals surface area contributed by atoms with Crippen LogP contribution in [-0.4, -0.2) is 12.8 Å². The maximum atomic E-state index is 7.13. The van der Waals surface area contributed by atoms with Crippen LogP contribution in [0.3, 0.4) is 0 Å².